The van der Waals surface area contributed by atoms with Crippen LogP contribution < -0.4 is 4.90 Å². The lowest BCUT2D eigenvalue weighted by atomic mass is 9.99. The van der Waals surface area contributed by atoms with Crippen LogP contribution in [0.5, 0.6) is 0 Å². The summed E-state index contributed by atoms with van der Waals surface area (Å²) in [6.45, 7) is 8.76. The largest absolute Gasteiger partial charge is 0.323 e. The normalized spacial score (nSPS) is 17.8. The fourth-order valence-corrected chi connectivity index (χ4v) is 5.29. The summed E-state index contributed by atoms with van der Waals surface area (Å²) in [6, 6.07) is 11.2. The van der Waals surface area contributed by atoms with Crippen LogP contribution in [0.1, 0.15) is 54.8 Å². The molecule has 0 bridgehead atoms. The lowest BCUT2D eigenvalue weighted by molar-refractivity contribution is 0.0985. The third-order valence-corrected chi connectivity index (χ3v) is 7.81. The molecule has 2 aliphatic rings. The Kier molecular flexibility index (Phi) is 6.66. The van der Waals surface area contributed by atoms with Gasteiger partial charge in [-0.3, -0.25) is 14.4 Å². The second-order valence-corrected chi connectivity index (χ2v) is 10.8. The molecule has 2 aromatic carbocycles. The molecule has 5 rings (SSSR count). The first-order chi connectivity index (χ1) is 17.6. The van der Waals surface area contributed by atoms with E-state index in [0.717, 1.165) is 12.1 Å². The molecule has 1 atom stereocenters. The summed E-state index contributed by atoms with van der Waals surface area (Å²) in [5.41, 5.74) is 1.34. The Balaban J connectivity index is 1.49. The number of urea groups is 1. The Hall–Kier alpha value is -3.10. The molecule has 0 spiro atoms. The van der Waals surface area contributed by atoms with Crippen molar-refractivity contribution >= 4 is 40.8 Å². The van der Waals surface area contributed by atoms with Crippen LogP contribution in [-0.4, -0.2) is 57.7 Å². The summed E-state index contributed by atoms with van der Waals surface area (Å²) >= 11 is 12.2. The van der Waals surface area contributed by atoms with Gasteiger partial charge in [0, 0.05) is 43.0 Å². The first-order valence-electron chi connectivity index (χ1n) is 12.3. The van der Waals surface area contributed by atoms with Crippen LogP contribution in [0.15, 0.2) is 48.7 Å². The van der Waals surface area contributed by atoms with E-state index in [1.165, 1.54) is 11.0 Å². The minimum absolute atomic E-state index is 0.0541. The summed E-state index contributed by atoms with van der Waals surface area (Å²) in [6.07, 6.45) is 2.52. The number of halogens is 3. The van der Waals surface area contributed by atoms with Crippen molar-refractivity contribution in [3.05, 3.63) is 81.3 Å². The van der Waals surface area contributed by atoms with Gasteiger partial charge in [-0.15, -0.1) is 0 Å². The predicted octanol–water partition coefficient (Wildman–Crippen LogP) is 5.96. The number of fused-ring (bicyclic) bond motifs is 1. The number of likely N-dealkylation sites (N-methyl/N-ethyl adjacent to an activating group) is 1. The van der Waals surface area contributed by atoms with Crippen LogP contribution in [0.3, 0.4) is 0 Å². The molecule has 7 nitrogen and oxygen atoms in total. The second-order valence-electron chi connectivity index (χ2n) is 9.99. The van der Waals surface area contributed by atoms with Gasteiger partial charge < -0.3 is 9.80 Å². The first-order valence-corrected chi connectivity index (χ1v) is 13.0. The Morgan fingerprint density at radius 1 is 1.05 bits per heavy atom. The molecule has 3 aromatic rings. The number of hydrogen-bond acceptors (Lipinski definition) is 3. The van der Waals surface area contributed by atoms with Crippen molar-refractivity contribution in [1.29, 1.82) is 0 Å². The Morgan fingerprint density at radius 2 is 1.76 bits per heavy atom. The highest BCUT2D eigenvalue weighted by molar-refractivity contribution is 6.31. The molecule has 37 heavy (non-hydrogen) atoms. The van der Waals surface area contributed by atoms with Crippen molar-refractivity contribution in [2.24, 2.45) is 0 Å². The van der Waals surface area contributed by atoms with Crippen molar-refractivity contribution in [2.75, 3.05) is 31.1 Å². The lowest BCUT2D eigenvalue weighted by Crippen LogP contribution is -2.37. The van der Waals surface area contributed by atoms with Gasteiger partial charge in [-0.1, -0.05) is 41.4 Å². The zero-order valence-corrected chi connectivity index (χ0v) is 22.4. The summed E-state index contributed by atoms with van der Waals surface area (Å²) in [5, 5.41) is 5.19. The molecule has 0 aliphatic carbocycles. The van der Waals surface area contributed by atoms with Crippen molar-refractivity contribution in [2.45, 2.75) is 38.8 Å². The highest BCUT2D eigenvalue weighted by Crippen LogP contribution is 2.44. The van der Waals surface area contributed by atoms with Gasteiger partial charge in [-0.25, -0.2) is 9.18 Å². The van der Waals surface area contributed by atoms with E-state index >= 15 is 4.39 Å². The summed E-state index contributed by atoms with van der Waals surface area (Å²) in [5.74, 6) is -1.06. The van der Waals surface area contributed by atoms with Crippen molar-refractivity contribution < 1.29 is 14.0 Å². The number of carbonyl (C=O) groups excluding carboxylic acids is 2. The third-order valence-electron chi connectivity index (χ3n) is 7.27. The molecule has 1 fully saturated rings. The van der Waals surface area contributed by atoms with Gasteiger partial charge in [0.15, 0.2) is 11.5 Å². The SMILES string of the molecule is CCN1CCN(CCC(C)(C)n2cc3c(n2)C(=O)N(c2cccc(Cl)c2F)C3c2ccc(Cl)cc2)C1=O. The average Bonchev–Trinajstić information content (AvgIpc) is 3.54. The number of anilines is 1. The van der Waals surface area contributed by atoms with Gasteiger partial charge in [0.25, 0.3) is 5.91 Å². The number of carbonyl (C=O) groups is 2. The van der Waals surface area contributed by atoms with E-state index in [1.807, 2.05) is 48.9 Å². The van der Waals surface area contributed by atoms with Crippen molar-refractivity contribution in [3.63, 3.8) is 0 Å². The van der Waals surface area contributed by atoms with Gasteiger partial charge in [0.1, 0.15) is 0 Å². The lowest BCUT2D eigenvalue weighted by Gasteiger charge is -2.30. The summed E-state index contributed by atoms with van der Waals surface area (Å²) in [4.78, 5) is 31.3. The minimum Gasteiger partial charge on any atom is -0.323 e. The average molecular weight is 544 g/mol. The zero-order chi connectivity index (χ0) is 26.5. The quantitative estimate of drug-likeness (QED) is 0.369. The van der Waals surface area contributed by atoms with Gasteiger partial charge >= 0.3 is 6.03 Å². The van der Waals surface area contributed by atoms with E-state index in [0.29, 0.717) is 36.6 Å². The molecule has 1 unspecified atom stereocenters. The van der Waals surface area contributed by atoms with Crippen LogP contribution in [0.25, 0.3) is 0 Å². The minimum atomic E-state index is -0.661. The summed E-state index contributed by atoms with van der Waals surface area (Å²) < 4.78 is 16.9. The van der Waals surface area contributed by atoms with Crippen LogP contribution >= 0.6 is 23.2 Å². The zero-order valence-electron chi connectivity index (χ0n) is 20.9. The number of benzene rings is 2. The molecular formula is C27H28Cl2FN5O2. The van der Waals surface area contributed by atoms with Crippen LogP contribution in [0, 0.1) is 5.82 Å². The van der Waals surface area contributed by atoms with E-state index in [4.69, 9.17) is 28.3 Å². The maximum Gasteiger partial charge on any atom is 0.320 e. The topological polar surface area (TPSA) is 61.7 Å². The molecular weight excluding hydrogens is 516 g/mol. The Morgan fingerprint density at radius 3 is 2.43 bits per heavy atom. The van der Waals surface area contributed by atoms with Gasteiger partial charge in [-0.2, -0.15) is 5.10 Å². The molecule has 1 saturated heterocycles. The molecule has 10 heteroatoms. The number of rotatable bonds is 7. The monoisotopic (exact) mass is 543 g/mol. The van der Waals surface area contributed by atoms with Crippen molar-refractivity contribution in [1.82, 2.24) is 19.6 Å². The van der Waals surface area contributed by atoms with Gasteiger partial charge in [-0.05, 0) is 57.0 Å². The molecule has 2 aliphatic heterocycles. The maximum absolute atomic E-state index is 15.1. The molecule has 0 N–H and O–H groups in total. The van der Waals surface area contributed by atoms with Gasteiger partial charge in [0.2, 0.25) is 0 Å². The molecule has 0 saturated carbocycles. The van der Waals surface area contributed by atoms with Gasteiger partial charge in [0.05, 0.1) is 22.3 Å². The van der Waals surface area contributed by atoms with E-state index < -0.39 is 23.3 Å². The van der Waals surface area contributed by atoms with Crippen LogP contribution in [0.4, 0.5) is 14.9 Å². The maximum atomic E-state index is 15.1. The number of aromatic nitrogens is 2. The second kappa shape index (κ2) is 9.65. The fraction of sp³-hybridized carbons (Fsp3) is 0.370. The van der Waals surface area contributed by atoms with Crippen LogP contribution in [0.2, 0.25) is 10.0 Å². The molecule has 3 heterocycles. The van der Waals surface area contributed by atoms with E-state index in [2.05, 4.69) is 0 Å². The van der Waals surface area contributed by atoms with E-state index in [1.54, 1.807) is 28.9 Å². The predicted molar refractivity (Wildman–Crippen MR) is 142 cm³/mol. The smallest absolute Gasteiger partial charge is 0.320 e. The molecule has 0 radical (unpaired) electrons. The standard InChI is InChI=1S/C27H28Cl2FN5O2/c1-4-32-14-15-33(26(32)37)13-12-27(2,3)34-16-19-23(31-34)25(36)35(21-7-5-6-20(29)22(21)30)24(19)17-8-10-18(28)11-9-17/h5-11,16,24H,4,12-15H2,1-3H3. The number of nitrogens with zero attached hydrogens (tertiary/aromatic N) is 5. The highest BCUT2D eigenvalue weighted by atomic mass is 35.5. The molecule has 194 valence electrons. The first kappa shape index (κ1) is 25.5. The Labute approximate surface area is 225 Å². The Bertz CT molecular complexity index is 1360. The van der Waals surface area contributed by atoms with Crippen molar-refractivity contribution in [3.8, 4) is 0 Å². The fourth-order valence-electron chi connectivity index (χ4n) is 4.99. The molecule has 3 amide bonds. The third kappa shape index (κ3) is 4.46. The molecule has 1 aromatic heterocycles. The highest BCUT2D eigenvalue weighted by Gasteiger charge is 2.44. The summed E-state index contributed by atoms with van der Waals surface area (Å²) in [7, 11) is 0. The van der Waals surface area contributed by atoms with Crippen LogP contribution in [-0.2, 0) is 5.54 Å². The van der Waals surface area contributed by atoms with E-state index in [-0.39, 0.29) is 22.4 Å². The number of amides is 3. The van der Waals surface area contributed by atoms with E-state index in [9.17, 15) is 9.59 Å². The number of hydrogen-bond donors (Lipinski definition) is 0.